The van der Waals surface area contributed by atoms with Crippen molar-refractivity contribution in [3.05, 3.63) is 0 Å². The monoisotopic (exact) mass is 1310 g/mol. The van der Waals surface area contributed by atoms with Crippen LogP contribution in [0.3, 0.4) is 0 Å². The molecule has 0 fully saturated rings. The fourth-order valence-corrected chi connectivity index (χ4v) is 12.3. The third kappa shape index (κ3) is 64.6. The second kappa shape index (κ2) is 64.8. The van der Waals surface area contributed by atoms with Gasteiger partial charge in [-0.15, -0.1) is 0 Å². The molecule has 89 heavy (non-hydrogen) atoms. The first-order valence-corrected chi connectivity index (χ1v) is 39.8. The number of carbonyl (C=O) groups is 4. The number of phosphoric acid groups is 2. The summed E-state index contributed by atoms with van der Waals surface area (Å²) in [4.78, 5) is 72.5. The summed E-state index contributed by atoms with van der Waals surface area (Å²) < 4.78 is 68.3. The lowest BCUT2D eigenvalue weighted by Gasteiger charge is -2.21. The Morgan fingerprint density at radius 2 is 0.449 bits per heavy atom. The molecule has 0 heterocycles. The van der Waals surface area contributed by atoms with E-state index < -0.39 is 97.5 Å². The highest BCUT2D eigenvalue weighted by Gasteiger charge is 2.30. The fraction of sp³-hybridized carbons (Fsp3) is 0.943. The Balaban J connectivity index is 5.24. The van der Waals surface area contributed by atoms with Crippen LogP contribution in [0.25, 0.3) is 0 Å². The second-order valence-corrected chi connectivity index (χ2v) is 28.2. The van der Waals surface area contributed by atoms with Gasteiger partial charge in [0.1, 0.15) is 19.3 Å². The minimum absolute atomic E-state index is 0.108. The number of esters is 4. The minimum atomic E-state index is -4.95. The van der Waals surface area contributed by atoms with Crippen LogP contribution < -0.4 is 0 Å². The van der Waals surface area contributed by atoms with Crippen molar-refractivity contribution in [2.24, 2.45) is 0 Å². The molecule has 19 heteroatoms. The Morgan fingerprint density at radius 3 is 0.663 bits per heavy atom. The van der Waals surface area contributed by atoms with E-state index in [0.717, 1.165) is 89.9 Å². The highest BCUT2D eigenvalue weighted by molar-refractivity contribution is 7.47. The van der Waals surface area contributed by atoms with Gasteiger partial charge in [-0.1, -0.05) is 317 Å². The van der Waals surface area contributed by atoms with Crippen LogP contribution in [0.2, 0.25) is 0 Å². The molecule has 0 saturated carbocycles. The van der Waals surface area contributed by atoms with Gasteiger partial charge in [0.05, 0.1) is 26.4 Å². The molecule has 0 spiro atoms. The minimum Gasteiger partial charge on any atom is -0.462 e. The number of unbranched alkanes of at least 4 members (excludes halogenated alkanes) is 45. The lowest BCUT2D eigenvalue weighted by atomic mass is 10.0. The van der Waals surface area contributed by atoms with E-state index in [0.29, 0.717) is 25.7 Å². The maximum Gasteiger partial charge on any atom is 0.472 e. The van der Waals surface area contributed by atoms with Gasteiger partial charge in [0.25, 0.3) is 0 Å². The second-order valence-electron chi connectivity index (χ2n) is 25.3. The van der Waals surface area contributed by atoms with Gasteiger partial charge in [0.15, 0.2) is 12.2 Å². The summed E-state index contributed by atoms with van der Waals surface area (Å²) in [7, 11) is -9.90. The van der Waals surface area contributed by atoms with Crippen molar-refractivity contribution >= 4 is 39.5 Å². The van der Waals surface area contributed by atoms with Crippen LogP contribution in [0.5, 0.6) is 0 Å². The molecule has 0 bridgehead atoms. The van der Waals surface area contributed by atoms with Crippen LogP contribution in [-0.4, -0.2) is 96.7 Å². The number of rotatable bonds is 71. The zero-order valence-electron chi connectivity index (χ0n) is 57.4. The van der Waals surface area contributed by atoms with Crippen molar-refractivity contribution in [1.82, 2.24) is 0 Å². The van der Waals surface area contributed by atoms with Gasteiger partial charge in [0.2, 0.25) is 0 Å². The number of hydrogen-bond acceptors (Lipinski definition) is 15. The van der Waals surface area contributed by atoms with Gasteiger partial charge in [0, 0.05) is 25.7 Å². The van der Waals surface area contributed by atoms with Crippen molar-refractivity contribution in [3.63, 3.8) is 0 Å². The Hall–Kier alpha value is -1.94. The summed E-state index contributed by atoms with van der Waals surface area (Å²) in [5.74, 6) is -2.12. The molecule has 5 atom stereocenters. The van der Waals surface area contributed by atoms with Crippen molar-refractivity contribution < 1.29 is 80.2 Å². The summed E-state index contributed by atoms with van der Waals surface area (Å²) in [6, 6.07) is 0. The zero-order valence-corrected chi connectivity index (χ0v) is 59.2. The summed E-state index contributed by atoms with van der Waals surface area (Å²) in [5, 5.41) is 10.6. The smallest absolute Gasteiger partial charge is 0.462 e. The first kappa shape index (κ1) is 87.1. The van der Waals surface area contributed by atoms with E-state index in [9.17, 15) is 43.2 Å². The maximum atomic E-state index is 13.0. The first-order valence-electron chi connectivity index (χ1n) is 36.8. The summed E-state index contributed by atoms with van der Waals surface area (Å²) in [6.45, 7) is 4.95. The number of carbonyl (C=O) groups excluding carboxylic acids is 4. The van der Waals surface area contributed by atoms with Gasteiger partial charge in [-0.3, -0.25) is 37.3 Å². The molecule has 0 amide bonds. The molecular formula is C70H136O17P2. The van der Waals surface area contributed by atoms with E-state index >= 15 is 0 Å². The Morgan fingerprint density at radius 1 is 0.270 bits per heavy atom. The Bertz CT molecular complexity index is 1710. The molecule has 528 valence electrons. The predicted molar refractivity (Wildman–Crippen MR) is 359 cm³/mol. The molecule has 17 nitrogen and oxygen atoms in total. The van der Waals surface area contributed by atoms with Crippen LogP contribution in [0.15, 0.2) is 0 Å². The van der Waals surface area contributed by atoms with Crippen LogP contribution >= 0.6 is 15.6 Å². The van der Waals surface area contributed by atoms with Crippen molar-refractivity contribution in [2.75, 3.05) is 39.6 Å². The van der Waals surface area contributed by atoms with Crippen LogP contribution in [0, 0.1) is 0 Å². The van der Waals surface area contributed by atoms with Gasteiger partial charge < -0.3 is 33.8 Å². The molecule has 0 aliphatic heterocycles. The summed E-state index contributed by atoms with van der Waals surface area (Å²) >= 11 is 0. The van der Waals surface area contributed by atoms with E-state index in [2.05, 4.69) is 27.7 Å². The highest BCUT2D eigenvalue weighted by Crippen LogP contribution is 2.45. The van der Waals surface area contributed by atoms with Gasteiger partial charge in [-0.25, -0.2) is 9.13 Å². The molecule has 0 radical (unpaired) electrons. The average Bonchev–Trinajstić information content (AvgIpc) is 3.65. The molecule has 3 N–H and O–H groups in total. The molecular weight excluding hydrogens is 1170 g/mol. The lowest BCUT2D eigenvalue weighted by Crippen LogP contribution is -2.30. The van der Waals surface area contributed by atoms with Crippen LogP contribution in [-0.2, 0) is 65.4 Å². The third-order valence-electron chi connectivity index (χ3n) is 16.4. The van der Waals surface area contributed by atoms with E-state index in [-0.39, 0.29) is 25.7 Å². The molecule has 0 aliphatic rings. The SMILES string of the molecule is CCCCCCCCCCCCCCCCC(=O)O[C@H](COC(=O)CCCCCCCCCCCCCCC)COP(=O)(O)OC[C@@H](O)COP(=O)(O)OC[C@@H](COC(=O)CCCCCCCCCCCC)OC(=O)CCCCCCCCCCCCCC. The maximum absolute atomic E-state index is 13.0. The largest absolute Gasteiger partial charge is 0.472 e. The number of ether oxygens (including phenoxy) is 4. The standard InChI is InChI=1S/C70H136O17P2/c1-5-9-13-17-21-25-29-32-34-37-41-45-49-53-57-70(75)87-66(61-81-68(73)55-51-47-43-39-36-33-30-26-22-18-14-10-6-2)63-85-89(78,79)83-59-64(71)58-82-88(76,77)84-62-65(60-80-67(72)54-50-46-42-38-28-24-20-16-12-8-4)86-69(74)56-52-48-44-40-35-31-27-23-19-15-11-7-3/h64-66,71H,5-63H2,1-4H3,(H,76,77)(H,78,79)/t64-,65+,66+/m0/s1. The zero-order chi connectivity index (χ0) is 65.4. The molecule has 0 aromatic rings. The average molecular weight is 1310 g/mol. The van der Waals surface area contributed by atoms with Gasteiger partial charge in [-0.05, 0) is 25.7 Å². The predicted octanol–water partition coefficient (Wildman–Crippen LogP) is 20.3. The number of aliphatic hydroxyl groups excluding tert-OH is 1. The first-order chi connectivity index (χ1) is 43.2. The van der Waals surface area contributed by atoms with Gasteiger partial charge >= 0.3 is 39.5 Å². The molecule has 0 aromatic heterocycles. The number of phosphoric ester groups is 2. The molecule has 0 aromatic carbocycles. The third-order valence-corrected chi connectivity index (χ3v) is 18.3. The lowest BCUT2D eigenvalue weighted by molar-refractivity contribution is -0.161. The Kier molecular flexibility index (Phi) is 63.3. The van der Waals surface area contributed by atoms with E-state index in [1.165, 1.54) is 199 Å². The van der Waals surface area contributed by atoms with E-state index in [1.807, 2.05) is 0 Å². The molecule has 2 unspecified atom stereocenters. The van der Waals surface area contributed by atoms with Crippen LogP contribution in [0.4, 0.5) is 0 Å². The van der Waals surface area contributed by atoms with Crippen LogP contribution in [0.1, 0.15) is 368 Å². The fourth-order valence-electron chi connectivity index (χ4n) is 10.7. The van der Waals surface area contributed by atoms with Crippen molar-refractivity contribution in [2.45, 2.75) is 386 Å². The molecule has 0 rings (SSSR count). The highest BCUT2D eigenvalue weighted by atomic mass is 31.2. The number of hydrogen-bond donors (Lipinski definition) is 3. The Labute approximate surface area is 543 Å². The number of aliphatic hydroxyl groups is 1. The van der Waals surface area contributed by atoms with Crippen molar-refractivity contribution in [1.29, 1.82) is 0 Å². The molecule has 0 saturated heterocycles. The summed E-state index contributed by atoms with van der Waals surface area (Å²) in [6.07, 6.45) is 52.5. The summed E-state index contributed by atoms with van der Waals surface area (Å²) in [5.41, 5.74) is 0. The quantitative estimate of drug-likeness (QED) is 0.0222. The van der Waals surface area contributed by atoms with Gasteiger partial charge in [-0.2, -0.15) is 0 Å². The molecule has 0 aliphatic carbocycles. The topological polar surface area (TPSA) is 237 Å². The normalized spacial score (nSPS) is 14.0. The van der Waals surface area contributed by atoms with E-state index in [1.54, 1.807) is 0 Å². The van der Waals surface area contributed by atoms with E-state index in [4.69, 9.17) is 37.0 Å². The van der Waals surface area contributed by atoms with Crippen molar-refractivity contribution in [3.8, 4) is 0 Å².